The van der Waals surface area contributed by atoms with Gasteiger partial charge in [-0.05, 0) is 49.2 Å². The van der Waals surface area contributed by atoms with Gasteiger partial charge in [-0.1, -0.05) is 71.7 Å². The third-order valence-electron chi connectivity index (χ3n) is 6.22. The van der Waals surface area contributed by atoms with Gasteiger partial charge in [0.2, 0.25) is 21.8 Å². The second-order valence-electron chi connectivity index (χ2n) is 9.92. The van der Waals surface area contributed by atoms with Crippen LogP contribution >= 0.6 is 23.2 Å². The minimum absolute atomic E-state index is 0.0682. The van der Waals surface area contributed by atoms with Crippen LogP contribution in [0, 0.1) is 0 Å². The zero-order valence-corrected chi connectivity index (χ0v) is 25.4. The predicted octanol–water partition coefficient (Wildman–Crippen LogP) is 5.94. The highest BCUT2D eigenvalue weighted by Crippen LogP contribution is 2.36. The third kappa shape index (κ3) is 8.86. The lowest BCUT2D eigenvalue weighted by atomic mass is 10.0. The zero-order chi connectivity index (χ0) is 31.2. The molecule has 13 heteroatoms. The molecule has 226 valence electrons. The van der Waals surface area contributed by atoms with E-state index in [2.05, 4.69) is 5.32 Å². The second-order valence-corrected chi connectivity index (χ2v) is 12.6. The van der Waals surface area contributed by atoms with Crippen molar-refractivity contribution in [1.82, 2.24) is 10.2 Å². The predicted molar refractivity (Wildman–Crippen MR) is 158 cm³/mol. The number of anilines is 1. The summed E-state index contributed by atoms with van der Waals surface area (Å²) in [5.41, 5.74) is -0.467. The number of sulfonamides is 1. The molecule has 0 aliphatic carbocycles. The molecular formula is C29H30Cl2F3N3O4S. The molecule has 1 atom stereocenters. The average Bonchev–Trinajstić information content (AvgIpc) is 2.89. The molecule has 0 aliphatic heterocycles. The van der Waals surface area contributed by atoms with E-state index in [1.165, 1.54) is 4.90 Å². The first-order valence-electron chi connectivity index (χ1n) is 12.8. The lowest BCUT2D eigenvalue weighted by molar-refractivity contribution is -0.140. The standard InChI is InChI=1S/C29H30Cl2F3N3O4S/c1-19(2)35-28(39)26(15-20-9-5-4-6-10-20)36(17-21-11-7-8-12-23(21)30)27(38)18-37(42(3,40)41)25-16-22(29(32,33)34)13-14-24(25)31/h4-14,16,19,26H,15,17-18H2,1-3H3,(H,35,39)/t26-/m0/s1. The van der Waals surface area contributed by atoms with E-state index in [-0.39, 0.29) is 24.0 Å². The number of alkyl halides is 3. The first kappa shape index (κ1) is 33.2. The number of carbonyl (C=O) groups is 2. The number of amides is 2. The Morgan fingerprint density at radius 1 is 0.929 bits per heavy atom. The van der Waals surface area contributed by atoms with Gasteiger partial charge in [0.25, 0.3) is 0 Å². The fraction of sp³-hybridized carbons (Fsp3) is 0.310. The van der Waals surface area contributed by atoms with Gasteiger partial charge in [-0.15, -0.1) is 0 Å². The molecule has 3 aromatic carbocycles. The molecule has 0 unspecified atom stereocenters. The lowest BCUT2D eigenvalue weighted by Gasteiger charge is -2.34. The summed E-state index contributed by atoms with van der Waals surface area (Å²) in [5, 5.41) is 2.80. The summed E-state index contributed by atoms with van der Waals surface area (Å²) < 4.78 is 66.7. The van der Waals surface area contributed by atoms with Gasteiger partial charge in [-0.2, -0.15) is 13.2 Å². The molecule has 0 bridgehead atoms. The summed E-state index contributed by atoms with van der Waals surface area (Å²) in [4.78, 5) is 28.7. The maximum atomic E-state index is 14.0. The normalized spacial score (nSPS) is 12.6. The van der Waals surface area contributed by atoms with Crippen LogP contribution in [0.15, 0.2) is 72.8 Å². The van der Waals surface area contributed by atoms with Gasteiger partial charge in [0.1, 0.15) is 12.6 Å². The molecule has 2 amide bonds. The summed E-state index contributed by atoms with van der Waals surface area (Å²) in [5.74, 6) is -1.36. The molecule has 7 nitrogen and oxygen atoms in total. The van der Waals surface area contributed by atoms with E-state index < -0.39 is 51.9 Å². The highest BCUT2D eigenvalue weighted by atomic mass is 35.5. The molecule has 0 heterocycles. The summed E-state index contributed by atoms with van der Waals surface area (Å²) in [7, 11) is -4.33. The van der Waals surface area contributed by atoms with Gasteiger partial charge in [-0.25, -0.2) is 8.42 Å². The molecule has 3 rings (SSSR count). The Bertz CT molecular complexity index is 1520. The Hall–Kier alpha value is -3.28. The van der Waals surface area contributed by atoms with Crippen molar-refractivity contribution in [2.24, 2.45) is 0 Å². The largest absolute Gasteiger partial charge is 0.416 e. The van der Waals surface area contributed by atoms with Crippen molar-refractivity contribution in [2.75, 3.05) is 17.1 Å². The molecule has 0 aliphatic rings. The van der Waals surface area contributed by atoms with Crippen LogP contribution in [0.5, 0.6) is 0 Å². The van der Waals surface area contributed by atoms with Gasteiger partial charge in [0.05, 0.1) is 22.5 Å². The monoisotopic (exact) mass is 643 g/mol. The molecule has 42 heavy (non-hydrogen) atoms. The van der Waals surface area contributed by atoms with Crippen molar-refractivity contribution < 1.29 is 31.2 Å². The van der Waals surface area contributed by atoms with E-state index in [0.717, 1.165) is 17.9 Å². The number of carbonyl (C=O) groups excluding carboxylic acids is 2. The van der Waals surface area contributed by atoms with E-state index in [9.17, 15) is 31.2 Å². The summed E-state index contributed by atoms with van der Waals surface area (Å²) in [6, 6.07) is 16.3. The Kier molecular flexibility index (Phi) is 10.9. The first-order valence-corrected chi connectivity index (χ1v) is 15.4. The van der Waals surface area contributed by atoms with Crippen molar-refractivity contribution in [1.29, 1.82) is 0 Å². The molecule has 0 saturated carbocycles. The quantitative estimate of drug-likeness (QED) is 0.280. The maximum Gasteiger partial charge on any atom is 0.416 e. The van der Waals surface area contributed by atoms with E-state index in [0.29, 0.717) is 27.0 Å². The Morgan fingerprint density at radius 3 is 2.12 bits per heavy atom. The lowest BCUT2D eigenvalue weighted by Crippen LogP contribution is -2.54. The summed E-state index contributed by atoms with van der Waals surface area (Å²) in [6.45, 7) is 2.39. The van der Waals surface area contributed by atoms with E-state index in [1.54, 1.807) is 68.4 Å². The van der Waals surface area contributed by atoms with Gasteiger partial charge in [-0.3, -0.25) is 13.9 Å². The summed E-state index contributed by atoms with van der Waals surface area (Å²) >= 11 is 12.5. The molecular weight excluding hydrogens is 614 g/mol. The number of benzene rings is 3. The molecule has 0 saturated heterocycles. The van der Waals surface area contributed by atoms with Crippen molar-refractivity contribution in [3.05, 3.63) is 99.5 Å². The average molecular weight is 645 g/mol. The smallest absolute Gasteiger partial charge is 0.352 e. The number of nitrogens with zero attached hydrogens (tertiary/aromatic N) is 2. The topological polar surface area (TPSA) is 86.8 Å². The minimum atomic E-state index is -4.79. The van der Waals surface area contributed by atoms with Crippen LogP contribution in [0.4, 0.5) is 18.9 Å². The van der Waals surface area contributed by atoms with Crippen LogP contribution in [0.2, 0.25) is 10.0 Å². The molecule has 0 radical (unpaired) electrons. The van der Waals surface area contributed by atoms with E-state index >= 15 is 0 Å². The van der Waals surface area contributed by atoms with Gasteiger partial charge >= 0.3 is 6.18 Å². The van der Waals surface area contributed by atoms with Crippen LogP contribution in [-0.2, 0) is 38.8 Å². The van der Waals surface area contributed by atoms with Gasteiger partial charge in [0, 0.05) is 24.0 Å². The fourth-order valence-electron chi connectivity index (χ4n) is 4.22. The first-order chi connectivity index (χ1) is 19.6. The number of hydrogen-bond acceptors (Lipinski definition) is 4. The van der Waals surface area contributed by atoms with Crippen molar-refractivity contribution in [3.63, 3.8) is 0 Å². The van der Waals surface area contributed by atoms with Crippen LogP contribution in [-0.4, -0.2) is 50.0 Å². The maximum absolute atomic E-state index is 14.0. The SMILES string of the molecule is CC(C)NC(=O)[C@H](Cc1ccccc1)N(Cc1ccccc1Cl)C(=O)CN(c1cc(C(F)(F)F)ccc1Cl)S(C)(=O)=O. The van der Waals surface area contributed by atoms with Crippen LogP contribution < -0.4 is 9.62 Å². The Labute approximate surface area is 253 Å². The highest BCUT2D eigenvalue weighted by Gasteiger charge is 2.36. The number of halogens is 5. The minimum Gasteiger partial charge on any atom is -0.352 e. The third-order valence-corrected chi connectivity index (χ3v) is 8.04. The molecule has 3 aromatic rings. The highest BCUT2D eigenvalue weighted by molar-refractivity contribution is 7.92. The Balaban J connectivity index is 2.13. The van der Waals surface area contributed by atoms with E-state index in [1.807, 2.05) is 0 Å². The van der Waals surface area contributed by atoms with Crippen LogP contribution in [0.1, 0.15) is 30.5 Å². The van der Waals surface area contributed by atoms with Crippen molar-refractivity contribution >= 4 is 50.7 Å². The second kappa shape index (κ2) is 13.8. The van der Waals surface area contributed by atoms with Crippen molar-refractivity contribution in [3.8, 4) is 0 Å². The molecule has 0 aromatic heterocycles. The number of rotatable bonds is 11. The zero-order valence-electron chi connectivity index (χ0n) is 23.0. The molecule has 0 spiro atoms. The van der Waals surface area contributed by atoms with Crippen LogP contribution in [0.25, 0.3) is 0 Å². The van der Waals surface area contributed by atoms with E-state index in [4.69, 9.17) is 23.2 Å². The summed E-state index contributed by atoms with van der Waals surface area (Å²) in [6.07, 6.45) is -3.97. The number of hydrogen-bond donors (Lipinski definition) is 1. The van der Waals surface area contributed by atoms with Crippen molar-refractivity contribution in [2.45, 2.75) is 45.1 Å². The van der Waals surface area contributed by atoms with Crippen LogP contribution in [0.3, 0.4) is 0 Å². The fourth-order valence-corrected chi connectivity index (χ4v) is 5.54. The number of nitrogens with one attached hydrogen (secondary N) is 1. The molecule has 1 N–H and O–H groups in total. The van der Waals surface area contributed by atoms with Gasteiger partial charge in [0.15, 0.2) is 0 Å². The Morgan fingerprint density at radius 2 is 1.55 bits per heavy atom. The van der Waals surface area contributed by atoms with Gasteiger partial charge < -0.3 is 10.2 Å². The molecule has 0 fully saturated rings.